The molecule has 3 N–H and O–H groups in total. The van der Waals surface area contributed by atoms with E-state index in [0.29, 0.717) is 12.1 Å². The number of piperidine rings is 2. The third-order valence-corrected chi connectivity index (χ3v) is 22.6. The molecule has 4 spiro atoms. The molecule has 4 aliphatic heterocycles. The highest BCUT2D eigenvalue weighted by Crippen LogP contribution is 2.79. The van der Waals surface area contributed by atoms with Crippen molar-refractivity contribution in [3.63, 3.8) is 0 Å². The minimum Gasteiger partial charge on any atom is -0.493 e. The number of hydrogen-bond acceptors (Lipinski definition) is 10. The van der Waals surface area contributed by atoms with Crippen molar-refractivity contribution >= 4 is 0 Å². The maximum atomic E-state index is 12.3. The highest BCUT2D eigenvalue weighted by atomic mass is 16.6. The number of nitrogens with one attached hydrogen (secondary N) is 1. The van der Waals surface area contributed by atoms with E-state index in [9.17, 15) is 10.2 Å². The molecule has 14 atom stereocenters. The number of nitrogens with zero attached hydrogens (tertiary/aromatic N) is 1. The highest BCUT2D eigenvalue weighted by molar-refractivity contribution is 5.65. The van der Waals surface area contributed by atoms with Crippen LogP contribution in [0.4, 0.5) is 0 Å². The molecule has 13 aliphatic rings. The van der Waals surface area contributed by atoms with Crippen molar-refractivity contribution in [1.82, 2.24) is 10.2 Å². The second-order valence-electron chi connectivity index (χ2n) is 26.0. The van der Waals surface area contributed by atoms with Crippen LogP contribution >= 0.6 is 0 Å². The van der Waals surface area contributed by atoms with Crippen molar-refractivity contribution in [3.8, 4) is 23.0 Å². The minimum atomic E-state index is -0.880. The van der Waals surface area contributed by atoms with Crippen molar-refractivity contribution in [2.24, 2.45) is 39.4 Å². The molecule has 68 heavy (non-hydrogen) atoms. The molecule has 2 unspecified atom stereocenters. The van der Waals surface area contributed by atoms with Crippen LogP contribution in [0.3, 0.4) is 0 Å². The zero-order valence-corrected chi connectivity index (χ0v) is 42.2. The summed E-state index contributed by atoms with van der Waals surface area (Å²) in [6.45, 7) is 20.5. The Labute approximate surface area is 409 Å². The largest absolute Gasteiger partial charge is 0.493 e. The first kappa shape index (κ1) is 49.0. The van der Waals surface area contributed by atoms with Crippen LogP contribution in [0, 0.1) is 39.4 Å². The maximum absolute atomic E-state index is 12.3. The van der Waals surface area contributed by atoms with Gasteiger partial charge in [-0.25, -0.2) is 0 Å². The molecule has 0 amide bonds. The molecular formula is C58H88N2O8. The average molecular weight is 941 g/mol. The Hall–Kier alpha value is -2.60. The van der Waals surface area contributed by atoms with E-state index in [-0.39, 0.29) is 71.4 Å². The summed E-state index contributed by atoms with van der Waals surface area (Å²) >= 11 is 0. The highest BCUT2D eigenvalue weighted by Gasteiger charge is 2.84. The summed E-state index contributed by atoms with van der Waals surface area (Å²) in [5.41, 5.74) is 2.39. The van der Waals surface area contributed by atoms with Crippen LogP contribution in [0.1, 0.15) is 157 Å². The third-order valence-electron chi connectivity index (χ3n) is 22.6. The molecule has 9 fully saturated rings. The molecule has 0 aromatic heterocycles. The molecule has 378 valence electrons. The molecule has 9 aliphatic carbocycles. The van der Waals surface area contributed by atoms with E-state index in [4.69, 9.17) is 28.4 Å². The molecule has 4 heterocycles. The minimum absolute atomic E-state index is 0. The summed E-state index contributed by atoms with van der Waals surface area (Å²) in [7, 11) is 7.20. The number of aliphatic hydroxyl groups is 2. The number of methoxy groups -OCH3 is 4. The molecule has 2 saturated heterocycles. The van der Waals surface area contributed by atoms with Crippen LogP contribution in [-0.2, 0) is 33.1 Å². The van der Waals surface area contributed by atoms with Crippen molar-refractivity contribution in [2.45, 2.75) is 205 Å². The summed E-state index contributed by atoms with van der Waals surface area (Å²) in [5.74, 6) is 4.48. The van der Waals surface area contributed by atoms with Crippen molar-refractivity contribution < 1.29 is 38.6 Å². The fraction of sp³-hybridized carbons (Fsp3) is 0.793. The number of benzene rings is 2. The van der Waals surface area contributed by atoms with Crippen molar-refractivity contribution in [3.05, 3.63) is 46.5 Å². The van der Waals surface area contributed by atoms with Gasteiger partial charge in [0, 0.05) is 77.5 Å². The van der Waals surface area contributed by atoms with Gasteiger partial charge in [-0.15, -0.1) is 0 Å². The molecule has 10 heteroatoms. The monoisotopic (exact) mass is 941 g/mol. The Balaban J connectivity index is 0.000000155. The Morgan fingerprint density at radius 3 is 1.62 bits per heavy atom. The number of rotatable bonds is 8. The van der Waals surface area contributed by atoms with Crippen LogP contribution in [-0.4, -0.2) is 110 Å². The van der Waals surface area contributed by atoms with Crippen LogP contribution in [0.15, 0.2) is 24.3 Å². The molecule has 15 rings (SSSR count). The summed E-state index contributed by atoms with van der Waals surface area (Å²) in [6, 6.07) is 9.67. The van der Waals surface area contributed by atoms with Crippen LogP contribution in [0.25, 0.3) is 0 Å². The van der Waals surface area contributed by atoms with Gasteiger partial charge in [-0.05, 0) is 144 Å². The maximum Gasteiger partial charge on any atom is 0.165 e. The Morgan fingerprint density at radius 1 is 0.647 bits per heavy atom. The van der Waals surface area contributed by atoms with E-state index >= 15 is 0 Å². The number of likely N-dealkylation sites (tertiary alicyclic amines) is 1. The van der Waals surface area contributed by atoms with E-state index in [1.54, 1.807) is 14.2 Å². The van der Waals surface area contributed by atoms with Gasteiger partial charge >= 0.3 is 0 Å². The van der Waals surface area contributed by atoms with Gasteiger partial charge in [-0.1, -0.05) is 68.5 Å². The Morgan fingerprint density at radius 2 is 1.13 bits per heavy atom. The van der Waals surface area contributed by atoms with Crippen molar-refractivity contribution in [2.75, 3.05) is 48.1 Å². The van der Waals surface area contributed by atoms with Gasteiger partial charge in [0.2, 0.25) is 0 Å². The average Bonchev–Trinajstić information content (AvgIpc) is 3.92. The number of fused-ring (bicyclic) bond motifs is 4. The van der Waals surface area contributed by atoms with E-state index < -0.39 is 22.4 Å². The van der Waals surface area contributed by atoms with Crippen LogP contribution < -0.4 is 24.3 Å². The van der Waals surface area contributed by atoms with Crippen LogP contribution in [0.2, 0.25) is 0 Å². The van der Waals surface area contributed by atoms with Gasteiger partial charge < -0.3 is 44.0 Å². The summed E-state index contributed by atoms with van der Waals surface area (Å²) < 4.78 is 38.9. The fourth-order valence-corrected chi connectivity index (χ4v) is 18.4. The molecular weight excluding hydrogens is 853 g/mol. The molecule has 2 aromatic rings. The second kappa shape index (κ2) is 15.0. The number of ether oxygens (including phenoxy) is 6. The standard InChI is InChI=1S/C30H43NO4.C26H37NO4.2CH4/c1-26(2,3)27(4,32)21-16-28-11-12-30(21,34-6)25-29(28)13-14-31(17-18-7-8-18)22(28)15-19-9-10-20(33-5)24(35-25)23(19)29;1-22(2,3)23(4,28)17-14-24-9-10-26(17,30-6)21-25(24)11-12-27-18(24)13-15-7-8-16(29-5)20(31-21)19(15)25;;/h9-10,18,21-22,25,32H,7-8,11-17H2,1-6H3;7-8,17-18,21,27-28H,9-14H2,1-6H3;2*1H4/t21?,22-,25-,27-,28-,29+,30-;17?,18-,21-,23-,24-,25+,26-;;/m11../s1. The van der Waals surface area contributed by atoms with Crippen molar-refractivity contribution in [1.29, 1.82) is 0 Å². The smallest absolute Gasteiger partial charge is 0.165 e. The first-order valence-corrected chi connectivity index (χ1v) is 25.9. The SMILES string of the molecule is C.C.COc1ccc2c3c1O[C@@H]1[C@]34CCN(CC3CC3)[C@H](C2)[C@]42CC[C@@]1(OC)C([C@@](C)(O)C(C)(C)C)C2.COc1ccc2c3c1O[C@@H]1[C@]34CCN[C@H](C2)[C@]42CC[C@@]1(OC)C([C@@](C)(O)C(C)(C)C)C2. The molecule has 8 bridgehead atoms. The van der Waals surface area contributed by atoms with Gasteiger partial charge in [-0.2, -0.15) is 0 Å². The van der Waals surface area contributed by atoms with Gasteiger partial charge in [-0.3, -0.25) is 4.90 Å². The number of hydrogen-bond donors (Lipinski definition) is 3. The van der Waals surface area contributed by atoms with Crippen LogP contribution in [0.5, 0.6) is 23.0 Å². The van der Waals surface area contributed by atoms with E-state index in [1.807, 2.05) is 21.1 Å². The predicted octanol–water partition coefficient (Wildman–Crippen LogP) is 9.58. The topological polar surface area (TPSA) is 111 Å². The molecule has 0 radical (unpaired) electrons. The lowest BCUT2D eigenvalue weighted by Crippen LogP contribution is -2.83. The summed E-state index contributed by atoms with van der Waals surface area (Å²) in [5, 5.41) is 28.2. The molecule has 2 aromatic carbocycles. The first-order chi connectivity index (χ1) is 31.1. The molecule has 7 saturated carbocycles. The third kappa shape index (κ3) is 5.42. The second-order valence-corrected chi connectivity index (χ2v) is 26.0. The molecule has 10 nitrogen and oxygen atoms in total. The summed E-state index contributed by atoms with van der Waals surface area (Å²) in [6.07, 6.45) is 13.0. The Kier molecular flexibility index (Phi) is 10.8. The van der Waals surface area contributed by atoms with E-state index in [2.05, 4.69) is 82.9 Å². The quantitative estimate of drug-likeness (QED) is 0.237. The lowest BCUT2D eigenvalue weighted by molar-refractivity contribution is -0.312. The van der Waals surface area contributed by atoms with Gasteiger partial charge in [0.15, 0.2) is 23.0 Å². The Bertz CT molecular complexity index is 2350. The normalized spacial score (nSPS) is 42.0. The van der Waals surface area contributed by atoms with E-state index in [1.165, 1.54) is 41.6 Å². The van der Waals surface area contributed by atoms with Gasteiger partial charge in [0.25, 0.3) is 0 Å². The van der Waals surface area contributed by atoms with E-state index in [0.717, 1.165) is 106 Å². The predicted molar refractivity (Wildman–Crippen MR) is 267 cm³/mol. The first-order valence-electron chi connectivity index (χ1n) is 25.9. The lowest BCUT2D eigenvalue weighted by Gasteiger charge is -2.75. The zero-order valence-electron chi connectivity index (χ0n) is 42.2. The fourth-order valence-electron chi connectivity index (χ4n) is 18.4. The lowest BCUT2D eigenvalue weighted by atomic mass is 9.33. The zero-order chi connectivity index (χ0) is 46.6. The summed E-state index contributed by atoms with van der Waals surface area (Å²) in [4.78, 5) is 2.86. The van der Waals surface area contributed by atoms with Gasteiger partial charge in [0.1, 0.15) is 23.4 Å². The van der Waals surface area contributed by atoms with Gasteiger partial charge in [0.05, 0.1) is 25.4 Å².